The molecule has 0 N–H and O–H groups in total. The van der Waals surface area contributed by atoms with Gasteiger partial charge < -0.3 is 0 Å². The lowest BCUT2D eigenvalue weighted by atomic mass is 9.86. The van der Waals surface area contributed by atoms with Gasteiger partial charge in [-0.25, -0.2) is 0 Å². The third kappa shape index (κ3) is 44.9. The number of hydrogen-bond acceptors (Lipinski definition) is 0. The molecule has 0 bridgehead atoms. The average Bonchev–Trinajstić information content (AvgIpc) is 2.22. The number of rotatable bonds is 5. The van der Waals surface area contributed by atoms with Crippen LogP contribution < -0.4 is 0 Å². The second-order valence-corrected chi connectivity index (χ2v) is 9.11. The van der Waals surface area contributed by atoms with Gasteiger partial charge in [-0.15, -0.1) is 0 Å². The zero-order chi connectivity index (χ0) is 15.7. The molecular formula is C23H58. The lowest BCUT2D eigenvalue weighted by molar-refractivity contribution is 0.327. The van der Waals surface area contributed by atoms with Gasteiger partial charge in [0, 0.05) is 0 Å². The SMILES string of the molecule is C.C.C.C.CC(C)CCC(C)(C)C.CCC(C)CCC(C)(C)C. The zero-order valence-corrected chi connectivity index (χ0v) is 15.7. The van der Waals surface area contributed by atoms with Crippen LogP contribution in [-0.2, 0) is 0 Å². The monoisotopic (exact) mass is 334 g/mol. The maximum Gasteiger partial charge on any atom is -0.0383 e. The van der Waals surface area contributed by atoms with E-state index in [2.05, 4.69) is 69.2 Å². The van der Waals surface area contributed by atoms with Crippen LogP contribution in [0.3, 0.4) is 0 Å². The van der Waals surface area contributed by atoms with Crippen molar-refractivity contribution in [2.24, 2.45) is 22.7 Å². The summed E-state index contributed by atoms with van der Waals surface area (Å²) in [6.45, 7) is 23.0. The molecule has 0 aromatic heterocycles. The smallest absolute Gasteiger partial charge is 0.0383 e. The second-order valence-electron chi connectivity index (χ2n) is 9.11. The first-order valence-corrected chi connectivity index (χ1v) is 8.37. The van der Waals surface area contributed by atoms with Crippen molar-refractivity contribution in [3.63, 3.8) is 0 Å². The van der Waals surface area contributed by atoms with Crippen LogP contribution in [-0.4, -0.2) is 0 Å². The fourth-order valence-corrected chi connectivity index (χ4v) is 1.61. The Kier molecular flexibility index (Phi) is 30.7. The van der Waals surface area contributed by atoms with Crippen LogP contribution >= 0.6 is 0 Å². The molecule has 1 unspecified atom stereocenters. The fourth-order valence-electron chi connectivity index (χ4n) is 1.61. The van der Waals surface area contributed by atoms with E-state index in [1.807, 2.05) is 0 Å². The highest BCUT2D eigenvalue weighted by Crippen LogP contribution is 2.24. The molecule has 0 aromatic carbocycles. The van der Waals surface area contributed by atoms with Crippen LogP contribution in [0.1, 0.15) is 131 Å². The molecule has 0 nitrogen and oxygen atoms in total. The first kappa shape index (κ1) is 38.5. The third-order valence-electron chi connectivity index (χ3n) is 3.56. The Morgan fingerprint density at radius 3 is 1.09 bits per heavy atom. The van der Waals surface area contributed by atoms with Gasteiger partial charge in [0.2, 0.25) is 0 Å². The summed E-state index contributed by atoms with van der Waals surface area (Å²) in [5, 5.41) is 0. The van der Waals surface area contributed by atoms with Gasteiger partial charge in [0.1, 0.15) is 0 Å². The standard InChI is InChI=1S/C10H22.C9H20.4CH4/c1-6-9(2)7-8-10(3,4)5;1-8(2)6-7-9(3,4)5;;;;/h9H,6-8H2,1-5H3;8H,6-7H2,1-5H3;4*1H4. The van der Waals surface area contributed by atoms with Gasteiger partial charge in [0.25, 0.3) is 0 Å². The van der Waals surface area contributed by atoms with Crippen LogP contribution in [0.5, 0.6) is 0 Å². The maximum atomic E-state index is 2.34. The van der Waals surface area contributed by atoms with Crippen LogP contribution in [0.4, 0.5) is 0 Å². The molecule has 0 aliphatic rings. The zero-order valence-electron chi connectivity index (χ0n) is 15.7. The third-order valence-corrected chi connectivity index (χ3v) is 3.56. The highest BCUT2D eigenvalue weighted by atomic mass is 14.2. The van der Waals surface area contributed by atoms with E-state index in [1.54, 1.807) is 0 Å². The molecule has 1 atom stereocenters. The van der Waals surface area contributed by atoms with E-state index in [0.29, 0.717) is 10.8 Å². The molecule has 0 saturated heterocycles. The molecule has 150 valence electrons. The summed E-state index contributed by atoms with van der Waals surface area (Å²) in [5.74, 6) is 1.78. The Morgan fingerprint density at radius 1 is 0.609 bits per heavy atom. The van der Waals surface area contributed by atoms with E-state index in [4.69, 9.17) is 0 Å². The Bertz CT molecular complexity index is 187. The first-order chi connectivity index (χ1) is 8.37. The van der Waals surface area contributed by atoms with Crippen molar-refractivity contribution in [3.05, 3.63) is 0 Å². The minimum absolute atomic E-state index is 0. The topological polar surface area (TPSA) is 0 Å². The fraction of sp³-hybridized carbons (Fsp3) is 1.00. The van der Waals surface area contributed by atoms with Gasteiger partial charge in [-0.1, -0.05) is 118 Å². The van der Waals surface area contributed by atoms with Gasteiger partial charge in [0.05, 0.1) is 0 Å². The Morgan fingerprint density at radius 2 is 0.913 bits per heavy atom. The Labute approximate surface area is 154 Å². The van der Waals surface area contributed by atoms with Crippen LogP contribution in [0.15, 0.2) is 0 Å². The minimum Gasteiger partial charge on any atom is -0.0776 e. The maximum absolute atomic E-state index is 2.34. The molecule has 0 spiro atoms. The Hall–Kier alpha value is 0. The summed E-state index contributed by atoms with van der Waals surface area (Å²) in [5.41, 5.74) is 1.06. The molecule has 0 heterocycles. The molecule has 0 aromatic rings. The molecule has 0 radical (unpaired) electrons. The van der Waals surface area contributed by atoms with E-state index in [0.717, 1.165) is 11.8 Å². The van der Waals surface area contributed by atoms with Gasteiger partial charge in [-0.05, 0) is 35.5 Å². The van der Waals surface area contributed by atoms with Crippen molar-refractivity contribution >= 4 is 0 Å². The summed E-state index contributed by atoms with van der Waals surface area (Å²) in [7, 11) is 0. The Balaban J connectivity index is -0.0000000537. The largest absolute Gasteiger partial charge is 0.0776 e. The average molecular weight is 335 g/mol. The molecule has 0 rings (SSSR count). The summed E-state index contributed by atoms with van der Waals surface area (Å²) in [4.78, 5) is 0. The quantitative estimate of drug-likeness (QED) is 0.469. The highest BCUT2D eigenvalue weighted by molar-refractivity contribution is 4.63. The number of hydrogen-bond donors (Lipinski definition) is 0. The highest BCUT2D eigenvalue weighted by Gasteiger charge is 2.11. The van der Waals surface area contributed by atoms with E-state index in [-0.39, 0.29) is 29.7 Å². The molecule has 0 amide bonds. The lowest BCUT2D eigenvalue weighted by Gasteiger charge is -2.19. The predicted molar refractivity (Wildman–Crippen MR) is 119 cm³/mol. The summed E-state index contributed by atoms with van der Waals surface area (Å²) in [6, 6.07) is 0. The van der Waals surface area contributed by atoms with Gasteiger partial charge >= 0.3 is 0 Å². The van der Waals surface area contributed by atoms with Crippen molar-refractivity contribution in [1.82, 2.24) is 0 Å². The van der Waals surface area contributed by atoms with Crippen molar-refractivity contribution in [2.45, 2.75) is 131 Å². The van der Waals surface area contributed by atoms with Gasteiger partial charge in [-0.2, -0.15) is 0 Å². The van der Waals surface area contributed by atoms with Gasteiger partial charge in [-0.3, -0.25) is 0 Å². The molecule has 0 aliphatic carbocycles. The molecular weight excluding hydrogens is 276 g/mol. The minimum atomic E-state index is 0. The van der Waals surface area contributed by atoms with Crippen LogP contribution in [0.25, 0.3) is 0 Å². The van der Waals surface area contributed by atoms with Crippen molar-refractivity contribution in [1.29, 1.82) is 0 Å². The molecule has 0 saturated carbocycles. The van der Waals surface area contributed by atoms with Crippen LogP contribution in [0.2, 0.25) is 0 Å². The molecule has 23 heavy (non-hydrogen) atoms. The molecule has 0 fully saturated rings. The first-order valence-electron chi connectivity index (χ1n) is 8.37. The van der Waals surface area contributed by atoms with E-state index >= 15 is 0 Å². The molecule has 0 aliphatic heterocycles. The van der Waals surface area contributed by atoms with E-state index in [9.17, 15) is 0 Å². The normalized spacial score (nSPS) is 11.6. The summed E-state index contributed by atoms with van der Waals surface area (Å²) in [6.07, 6.45) is 6.80. The second kappa shape index (κ2) is 18.3. The van der Waals surface area contributed by atoms with E-state index in [1.165, 1.54) is 32.1 Å². The van der Waals surface area contributed by atoms with Gasteiger partial charge in [0.15, 0.2) is 0 Å². The van der Waals surface area contributed by atoms with Crippen molar-refractivity contribution in [3.8, 4) is 0 Å². The van der Waals surface area contributed by atoms with Crippen molar-refractivity contribution in [2.75, 3.05) is 0 Å². The predicted octanol–water partition coefficient (Wildman–Crippen LogP) is 9.87. The summed E-state index contributed by atoms with van der Waals surface area (Å²) >= 11 is 0. The molecule has 0 heteroatoms. The van der Waals surface area contributed by atoms with Crippen molar-refractivity contribution < 1.29 is 0 Å². The summed E-state index contributed by atoms with van der Waals surface area (Å²) < 4.78 is 0. The van der Waals surface area contributed by atoms with Crippen LogP contribution in [0, 0.1) is 22.7 Å². The van der Waals surface area contributed by atoms with E-state index < -0.39 is 0 Å². The lowest BCUT2D eigenvalue weighted by Crippen LogP contribution is -2.06.